The summed E-state index contributed by atoms with van der Waals surface area (Å²) in [6.45, 7) is 1.01. The van der Waals surface area contributed by atoms with Crippen molar-refractivity contribution in [1.82, 2.24) is 10.2 Å². The van der Waals surface area contributed by atoms with E-state index in [9.17, 15) is 4.79 Å². The topological polar surface area (TPSA) is 93.6 Å². The molecule has 7 heteroatoms. The number of carbonyl (C=O) groups is 1. The number of nitrogens with one attached hydrogen (secondary N) is 1. The van der Waals surface area contributed by atoms with Gasteiger partial charge in [-0.25, -0.2) is 0 Å². The van der Waals surface area contributed by atoms with Crippen LogP contribution in [-0.4, -0.2) is 36.6 Å². The molecule has 1 rings (SSSR count). The lowest BCUT2D eigenvalue weighted by Gasteiger charge is -2.34. The standard InChI is InChI=1S/C7H14N4O2S/c1-13-3-2-11-5(9)4(8)6(12)10-7(11)14/h7,14H,2-3,8-9H2,1H3,(H,10,12). The van der Waals surface area contributed by atoms with Crippen molar-refractivity contribution in [2.75, 3.05) is 20.3 Å². The molecule has 1 atom stereocenters. The first kappa shape index (κ1) is 11.0. The second-order valence-corrected chi connectivity index (χ2v) is 3.32. The molecule has 6 nitrogen and oxygen atoms in total. The van der Waals surface area contributed by atoms with Crippen LogP contribution in [0, 0.1) is 0 Å². The summed E-state index contributed by atoms with van der Waals surface area (Å²) in [4.78, 5) is 12.8. The third kappa shape index (κ3) is 2.05. The smallest absolute Gasteiger partial charge is 0.273 e. The maximum Gasteiger partial charge on any atom is 0.273 e. The molecule has 1 aliphatic rings. The highest BCUT2D eigenvalue weighted by atomic mass is 32.1. The first-order valence-corrected chi connectivity index (χ1v) is 4.59. The number of hydrogen-bond donors (Lipinski definition) is 4. The zero-order valence-corrected chi connectivity index (χ0v) is 8.75. The number of methoxy groups -OCH3 is 1. The summed E-state index contributed by atoms with van der Waals surface area (Å²) in [5, 5.41) is 2.55. The number of nitrogens with zero attached hydrogens (tertiary/aromatic N) is 1. The van der Waals surface area contributed by atoms with E-state index >= 15 is 0 Å². The van der Waals surface area contributed by atoms with Crippen LogP contribution < -0.4 is 16.8 Å². The van der Waals surface area contributed by atoms with Crippen LogP contribution in [-0.2, 0) is 9.53 Å². The lowest BCUT2D eigenvalue weighted by Crippen LogP contribution is -2.54. The van der Waals surface area contributed by atoms with Crippen LogP contribution in [0.5, 0.6) is 0 Å². The molecule has 1 amide bonds. The van der Waals surface area contributed by atoms with Gasteiger partial charge in [0.25, 0.3) is 5.91 Å². The van der Waals surface area contributed by atoms with E-state index in [4.69, 9.17) is 16.2 Å². The Morgan fingerprint density at radius 1 is 1.64 bits per heavy atom. The van der Waals surface area contributed by atoms with E-state index in [1.807, 2.05) is 0 Å². The SMILES string of the molecule is COCCN1C(N)=C(N)C(=O)NC1S. The normalized spacial score (nSPS) is 22.6. The van der Waals surface area contributed by atoms with Crippen LogP contribution in [0.3, 0.4) is 0 Å². The monoisotopic (exact) mass is 218 g/mol. The van der Waals surface area contributed by atoms with Gasteiger partial charge in [0, 0.05) is 13.7 Å². The van der Waals surface area contributed by atoms with E-state index in [2.05, 4.69) is 17.9 Å². The maximum atomic E-state index is 11.2. The van der Waals surface area contributed by atoms with Gasteiger partial charge in [-0.15, -0.1) is 12.6 Å². The van der Waals surface area contributed by atoms with Gasteiger partial charge in [-0.3, -0.25) is 4.79 Å². The molecule has 0 aromatic rings. The van der Waals surface area contributed by atoms with Crippen LogP contribution in [0.15, 0.2) is 11.5 Å². The molecule has 0 aromatic heterocycles. The molecule has 1 unspecified atom stereocenters. The summed E-state index contributed by atoms with van der Waals surface area (Å²) in [6.07, 6.45) is 0. The van der Waals surface area contributed by atoms with Gasteiger partial charge in [0.15, 0.2) is 0 Å². The molecular weight excluding hydrogens is 204 g/mol. The quantitative estimate of drug-likeness (QED) is 0.427. The van der Waals surface area contributed by atoms with Crippen LogP contribution >= 0.6 is 12.6 Å². The van der Waals surface area contributed by atoms with Crippen LogP contribution in [0.2, 0.25) is 0 Å². The number of ether oxygens (including phenoxy) is 1. The average molecular weight is 218 g/mol. The highest BCUT2D eigenvalue weighted by molar-refractivity contribution is 7.80. The Kier molecular flexibility index (Phi) is 3.48. The molecule has 0 saturated carbocycles. The molecule has 0 spiro atoms. The van der Waals surface area contributed by atoms with Gasteiger partial charge in [0.05, 0.1) is 6.61 Å². The molecule has 1 heterocycles. The third-order valence-corrected chi connectivity index (χ3v) is 2.33. The Morgan fingerprint density at radius 2 is 2.29 bits per heavy atom. The molecule has 1 aliphatic heterocycles. The Hall–Kier alpha value is -1.08. The van der Waals surface area contributed by atoms with Crippen molar-refractivity contribution >= 4 is 18.5 Å². The van der Waals surface area contributed by atoms with Gasteiger partial charge in [0.1, 0.15) is 17.0 Å². The Labute approximate surface area is 87.7 Å². The van der Waals surface area contributed by atoms with E-state index in [0.717, 1.165) is 0 Å². The second-order valence-electron chi connectivity index (χ2n) is 2.83. The molecule has 0 saturated heterocycles. The van der Waals surface area contributed by atoms with Gasteiger partial charge in [-0.1, -0.05) is 0 Å². The van der Waals surface area contributed by atoms with Gasteiger partial charge in [-0.2, -0.15) is 0 Å². The van der Waals surface area contributed by atoms with Crippen molar-refractivity contribution < 1.29 is 9.53 Å². The van der Waals surface area contributed by atoms with Crippen LogP contribution in [0.1, 0.15) is 0 Å². The van der Waals surface area contributed by atoms with Gasteiger partial charge in [0.2, 0.25) is 0 Å². The lowest BCUT2D eigenvalue weighted by atomic mass is 10.3. The van der Waals surface area contributed by atoms with E-state index in [-0.39, 0.29) is 11.5 Å². The van der Waals surface area contributed by atoms with E-state index < -0.39 is 11.4 Å². The van der Waals surface area contributed by atoms with Crippen molar-refractivity contribution in [2.45, 2.75) is 5.50 Å². The number of hydrogen-bond acceptors (Lipinski definition) is 6. The Balaban J connectivity index is 2.77. The summed E-state index contributed by atoms with van der Waals surface area (Å²) in [6, 6.07) is 0. The minimum atomic E-state index is -0.454. The number of thiol groups is 1. The van der Waals surface area contributed by atoms with Crippen LogP contribution in [0.25, 0.3) is 0 Å². The molecule has 0 bridgehead atoms. The predicted octanol–water partition coefficient (Wildman–Crippen LogP) is -1.64. The Morgan fingerprint density at radius 3 is 2.86 bits per heavy atom. The van der Waals surface area contributed by atoms with Gasteiger partial charge < -0.3 is 26.4 Å². The lowest BCUT2D eigenvalue weighted by molar-refractivity contribution is -0.119. The summed E-state index contributed by atoms with van der Waals surface area (Å²) in [5.74, 6) is -0.151. The first-order chi connectivity index (χ1) is 6.57. The van der Waals surface area contributed by atoms with Crippen LogP contribution in [0.4, 0.5) is 0 Å². The molecule has 0 aliphatic carbocycles. The summed E-state index contributed by atoms with van der Waals surface area (Å²) in [7, 11) is 1.58. The van der Waals surface area contributed by atoms with Crippen molar-refractivity contribution in [2.24, 2.45) is 11.5 Å². The fourth-order valence-electron chi connectivity index (χ4n) is 1.11. The zero-order chi connectivity index (χ0) is 10.7. The number of carbonyl (C=O) groups excluding carboxylic acids is 1. The van der Waals surface area contributed by atoms with Crippen molar-refractivity contribution in [1.29, 1.82) is 0 Å². The number of rotatable bonds is 3. The highest BCUT2D eigenvalue weighted by Crippen LogP contribution is 2.13. The minimum Gasteiger partial charge on any atom is -0.391 e. The molecule has 0 fully saturated rings. The zero-order valence-electron chi connectivity index (χ0n) is 7.86. The predicted molar refractivity (Wildman–Crippen MR) is 54.9 cm³/mol. The molecular formula is C7H14N4O2S. The van der Waals surface area contributed by atoms with E-state index in [1.165, 1.54) is 0 Å². The average Bonchev–Trinajstić information content (AvgIpc) is 2.14. The maximum absolute atomic E-state index is 11.2. The summed E-state index contributed by atoms with van der Waals surface area (Å²) >= 11 is 4.16. The second kappa shape index (κ2) is 4.43. The Bertz CT molecular complexity index is 268. The largest absolute Gasteiger partial charge is 0.391 e. The first-order valence-electron chi connectivity index (χ1n) is 4.07. The van der Waals surface area contributed by atoms with Crippen molar-refractivity contribution in [3.8, 4) is 0 Å². The van der Waals surface area contributed by atoms with E-state index in [0.29, 0.717) is 13.2 Å². The van der Waals surface area contributed by atoms with Crippen molar-refractivity contribution in [3.05, 3.63) is 11.5 Å². The third-order valence-electron chi connectivity index (χ3n) is 1.92. The fraction of sp³-hybridized carbons (Fsp3) is 0.571. The highest BCUT2D eigenvalue weighted by Gasteiger charge is 2.27. The van der Waals surface area contributed by atoms with Crippen molar-refractivity contribution in [3.63, 3.8) is 0 Å². The molecule has 14 heavy (non-hydrogen) atoms. The summed E-state index contributed by atoms with van der Waals surface area (Å²) in [5.41, 5.74) is 10.7. The van der Waals surface area contributed by atoms with Gasteiger partial charge in [-0.05, 0) is 0 Å². The molecule has 0 aromatic carbocycles. The minimum absolute atomic E-state index is 0.0198. The van der Waals surface area contributed by atoms with E-state index in [1.54, 1.807) is 12.0 Å². The molecule has 5 N–H and O–H groups in total. The van der Waals surface area contributed by atoms with Gasteiger partial charge >= 0.3 is 0 Å². The molecule has 0 radical (unpaired) electrons. The number of amides is 1. The fourth-order valence-corrected chi connectivity index (χ4v) is 1.47. The number of nitrogens with two attached hydrogens (primary N) is 2. The summed E-state index contributed by atoms with van der Waals surface area (Å²) < 4.78 is 4.90. The molecule has 80 valence electrons.